The second-order valence-corrected chi connectivity index (χ2v) is 5.24. The molecule has 0 bridgehead atoms. The van der Waals surface area contributed by atoms with Crippen molar-refractivity contribution in [2.45, 2.75) is 26.3 Å². The molecule has 2 aromatic rings. The van der Waals surface area contributed by atoms with Crippen molar-refractivity contribution < 1.29 is 0 Å². The Labute approximate surface area is 106 Å². The lowest BCUT2D eigenvalue weighted by molar-refractivity contribution is 0.636. The van der Waals surface area contributed by atoms with E-state index in [0.29, 0.717) is 6.54 Å². The van der Waals surface area contributed by atoms with Crippen molar-refractivity contribution in [3.63, 3.8) is 0 Å². The van der Waals surface area contributed by atoms with Gasteiger partial charge in [-0.25, -0.2) is 0 Å². The highest BCUT2D eigenvalue weighted by atomic mass is 16.1. The standard InChI is InChI=1S/C15H18N2O/c1-10-3-2-4-12-7-13(15(18)17-14(10)12)9-16-8-11-5-6-11/h2-4,7,11,16H,5-6,8-9H2,1H3,(H,17,18). The Morgan fingerprint density at radius 2 is 2.22 bits per heavy atom. The van der Waals surface area contributed by atoms with Crippen molar-refractivity contribution in [2.75, 3.05) is 6.54 Å². The number of hydrogen-bond donors (Lipinski definition) is 2. The number of pyridine rings is 1. The van der Waals surface area contributed by atoms with E-state index >= 15 is 0 Å². The van der Waals surface area contributed by atoms with Crippen molar-refractivity contribution >= 4 is 10.9 Å². The summed E-state index contributed by atoms with van der Waals surface area (Å²) < 4.78 is 0. The Morgan fingerprint density at radius 1 is 1.39 bits per heavy atom. The fourth-order valence-electron chi connectivity index (χ4n) is 2.29. The highest BCUT2D eigenvalue weighted by molar-refractivity contribution is 5.81. The number of hydrogen-bond acceptors (Lipinski definition) is 2. The van der Waals surface area contributed by atoms with E-state index in [1.165, 1.54) is 12.8 Å². The molecule has 18 heavy (non-hydrogen) atoms. The first-order chi connectivity index (χ1) is 8.74. The molecule has 0 unspecified atom stereocenters. The Hall–Kier alpha value is -1.61. The van der Waals surface area contributed by atoms with Crippen LogP contribution in [0.15, 0.2) is 29.1 Å². The topological polar surface area (TPSA) is 44.9 Å². The summed E-state index contributed by atoms with van der Waals surface area (Å²) in [5, 5.41) is 4.47. The van der Waals surface area contributed by atoms with Gasteiger partial charge in [0.25, 0.3) is 5.56 Å². The maximum Gasteiger partial charge on any atom is 0.252 e. The summed E-state index contributed by atoms with van der Waals surface area (Å²) in [6.07, 6.45) is 2.67. The Balaban J connectivity index is 1.87. The van der Waals surface area contributed by atoms with Crippen LogP contribution in [-0.2, 0) is 6.54 Å². The van der Waals surface area contributed by atoms with E-state index in [1.807, 2.05) is 31.2 Å². The Morgan fingerprint density at radius 3 is 3.00 bits per heavy atom. The maximum atomic E-state index is 12.0. The maximum absolute atomic E-state index is 12.0. The normalized spacial score (nSPS) is 15.2. The van der Waals surface area contributed by atoms with Crippen LogP contribution in [-0.4, -0.2) is 11.5 Å². The van der Waals surface area contributed by atoms with Gasteiger partial charge in [0, 0.05) is 12.1 Å². The van der Waals surface area contributed by atoms with E-state index < -0.39 is 0 Å². The number of aromatic nitrogens is 1. The van der Waals surface area contributed by atoms with Crippen LogP contribution in [0, 0.1) is 12.8 Å². The van der Waals surface area contributed by atoms with Crippen LogP contribution < -0.4 is 10.9 Å². The second-order valence-electron chi connectivity index (χ2n) is 5.24. The zero-order chi connectivity index (χ0) is 12.5. The lowest BCUT2D eigenvalue weighted by Gasteiger charge is -2.06. The largest absolute Gasteiger partial charge is 0.321 e. The number of rotatable bonds is 4. The van der Waals surface area contributed by atoms with Gasteiger partial charge in [-0.3, -0.25) is 4.79 Å². The smallest absolute Gasteiger partial charge is 0.252 e. The van der Waals surface area contributed by atoms with E-state index in [0.717, 1.165) is 34.5 Å². The molecule has 1 aliphatic rings. The van der Waals surface area contributed by atoms with Crippen LogP contribution in [0.2, 0.25) is 0 Å². The molecule has 0 radical (unpaired) electrons. The summed E-state index contributed by atoms with van der Waals surface area (Å²) in [7, 11) is 0. The predicted octanol–water partition coefficient (Wildman–Crippen LogP) is 2.34. The van der Waals surface area contributed by atoms with Gasteiger partial charge in [0.2, 0.25) is 0 Å². The number of aryl methyl sites for hydroxylation is 1. The van der Waals surface area contributed by atoms with Crippen LogP contribution >= 0.6 is 0 Å². The molecule has 0 aliphatic heterocycles. The Kier molecular flexibility index (Phi) is 2.92. The van der Waals surface area contributed by atoms with Gasteiger partial charge in [0.1, 0.15) is 0 Å². The van der Waals surface area contributed by atoms with Crippen LogP contribution in [0.3, 0.4) is 0 Å². The van der Waals surface area contributed by atoms with Gasteiger partial charge in [0.15, 0.2) is 0 Å². The molecule has 0 spiro atoms. The molecule has 0 atom stereocenters. The first-order valence-electron chi connectivity index (χ1n) is 6.56. The minimum absolute atomic E-state index is 0.0279. The molecule has 1 saturated carbocycles. The van der Waals surface area contributed by atoms with E-state index in [-0.39, 0.29) is 5.56 Å². The second kappa shape index (κ2) is 4.58. The third-order valence-corrected chi connectivity index (χ3v) is 3.61. The number of aromatic amines is 1. The van der Waals surface area contributed by atoms with E-state index in [2.05, 4.69) is 10.3 Å². The van der Waals surface area contributed by atoms with E-state index in [4.69, 9.17) is 0 Å². The lowest BCUT2D eigenvalue weighted by Crippen LogP contribution is -2.22. The average Bonchev–Trinajstić information content (AvgIpc) is 3.15. The van der Waals surface area contributed by atoms with Crippen LogP contribution in [0.5, 0.6) is 0 Å². The molecule has 0 amide bonds. The fourth-order valence-corrected chi connectivity index (χ4v) is 2.29. The number of para-hydroxylation sites is 1. The Bertz CT molecular complexity index is 626. The summed E-state index contributed by atoms with van der Waals surface area (Å²) >= 11 is 0. The first-order valence-corrected chi connectivity index (χ1v) is 6.56. The molecular weight excluding hydrogens is 224 g/mol. The molecule has 1 fully saturated rings. The molecule has 1 heterocycles. The molecule has 0 saturated heterocycles. The number of nitrogens with one attached hydrogen (secondary N) is 2. The van der Waals surface area contributed by atoms with Crippen LogP contribution in [0.1, 0.15) is 24.0 Å². The number of H-pyrrole nitrogens is 1. The fraction of sp³-hybridized carbons (Fsp3) is 0.400. The molecular formula is C15H18N2O. The van der Waals surface area contributed by atoms with Crippen molar-refractivity contribution in [2.24, 2.45) is 5.92 Å². The van der Waals surface area contributed by atoms with Gasteiger partial charge < -0.3 is 10.3 Å². The van der Waals surface area contributed by atoms with Gasteiger partial charge in [-0.15, -0.1) is 0 Å². The van der Waals surface area contributed by atoms with Gasteiger partial charge in [-0.2, -0.15) is 0 Å². The highest BCUT2D eigenvalue weighted by Gasteiger charge is 2.20. The molecule has 1 aliphatic carbocycles. The zero-order valence-electron chi connectivity index (χ0n) is 10.6. The zero-order valence-corrected chi connectivity index (χ0v) is 10.6. The summed E-state index contributed by atoms with van der Waals surface area (Å²) in [6.45, 7) is 3.71. The van der Waals surface area contributed by atoms with Crippen molar-refractivity contribution in [1.82, 2.24) is 10.3 Å². The van der Waals surface area contributed by atoms with Gasteiger partial charge >= 0.3 is 0 Å². The third kappa shape index (κ3) is 2.31. The van der Waals surface area contributed by atoms with Crippen molar-refractivity contribution in [3.05, 3.63) is 45.7 Å². The summed E-state index contributed by atoms with van der Waals surface area (Å²) in [6, 6.07) is 8.09. The van der Waals surface area contributed by atoms with Gasteiger partial charge in [-0.05, 0) is 49.2 Å². The summed E-state index contributed by atoms with van der Waals surface area (Å²) in [5.41, 5.74) is 2.92. The average molecular weight is 242 g/mol. The quantitative estimate of drug-likeness (QED) is 0.864. The van der Waals surface area contributed by atoms with Crippen LogP contribution in [0.4, 0.5) is 0 Å². The third-order valence-electron chi connectivity index (χ3n) is 3.61. The highest BCUT2D eigenvalue weighted by Crippen LogP contribution is 2.27. The van der Waals surface area contributed by atoms with Crippen molar-refractivity contribution in [3.8, 4) is 0 Å². The number of fused-ring (bicyclic) bond motifs is 1. The van der Waals surface area contributed by atoms with Crippen molar-refractivity contribution in [1.29, 1.82) is 0 Å². The molecule has 3 nitrogen and oxygen atoms in total. The lowest BCUT2D eigenvalue weighted by atomic mass is 10.1. The van der Waals surface area contributed by atoms with E-state index in [1.54, 1.807) is 0 Å². The SMILES string of the molecule is Cc1cccc2cc(CNCC3CC3)c(=O)[nH]c12. The van der Waals surface area contributed by atoms with Gasteiger partial charge in [0.05, 0.1) is 5.52 Å². The predicted molar refractivity (Wildman–Crippen MR) is 73.7 cm³/mol. The molecule has 1 aromatic carbocycles. The molecule has 94 valence electrons. The molecule has 1 aromatic heterocycles. The summed E-state index contributed by atoms with van der Waals surface area (Å²) in [5.74, 6) is 0.840. The minimum atomic E-state index is 0.0279. The summed E-state index contributed by atoms with van der Waals surface area (Å²) in [4.78, 5) is 15.0. The van der Waals surface area contributed by atoms with Gasteiger partial charge in [-0.1, -0.05) is 18.2 Å². The van der Waals surface area contributed by atoms with Crippen LogP contribution in [0.25, 0.3) is 10.9 Å². The first kappa shape index (κ1) is 11.5. The monoisotopic (exact) mass is 242 g/mol. The molecule has 2 N–H and O–H groups in total. The number of benzene rings is 1. The molecule has 3 heteroatoms. The molecule has 3 rings (SSSR count). The minimum Gasteiger partial charge on any atom is -0.321 e. The van der Waals surface area contributed by atoms with E-state index in [9.17, 15) is 4.79 Å².